The van der Waals surface area contributed by atoms with Crippen LogP contribution in [0.1, 0.15) is 46.5 Å². The number of piperidine rings is 1. The minimum Gasteiger partial charge on any atom is -0.445 e. The summed E-state index contributed by atoms with van der Waals surface area (Å²) in [6.07, 6.45) is 3.83. The SMILES string of the molecule is O=C(c1cc(-c2ccc(F)cc2)n[nH]1)N1CCC[C@H](c2ncc(Cc3cccc(F)c3)o2)C1. The van der Waals surface area contributed by atoms with Gasteiger partial charge in [0.25, 0.3) is 5.91 Å². The molecule has 1 amide bonds. The summed E-state index contributed by atoms with van der Waals surface area (Å²) in [6.45, 7) is 1.13. The number of nitrogens with zero attached hydrogens (tertiary/aromatic N) is 3. The molecule has 1 saturated heterocycles. The van der Waals surface area contributed by atoms with Gasteiger partial charge in [0, 0.05) is 25.1 Å². The van der Waals surface area contributed by atoms with Gasteiger partial charge in [0.05, 0.1) is 17.8 Å². The zero-order chi connectivity index (χ0) is 22.8. The monoisotopic (exact) mass is 448 g/mol. The zero-order valence-electron chi connectivity index (χ0n) is 17.8. The minimum absolute atomic E-state index is 0.0107. The van der Waals surface area contributed by atoms with Gasteiger partial charge in [-0.15, -0.1) is 0 Å². The lowest BCUT2D eigenvalue weighted by Crippen LogP contribution is -2.39. The van der Waals surface area contributed by atoms with E-state index in [4.69, 9.17) is 4.42 Å². The van der Waals surface area contributed by atoms with E-state index in [2.05, 4.69) is 15.2 Å². The van der Waals surface area contributed by atoms with E-state index in [1.807, 2.05) is 6.07 Å². The first kappa shape index (κ1) is 21.1. The molecule has 168 valence electrons. The topological polar surface area (TPSA) is 75.0 Å². The van der Waals surface area contributed by atoms with E-state index in [0.717, 1.165) is 24.0 Å². The highest BCUT2D eigenvalue weighted by Crippen LogP contribution is 2.28. The maximum atomic E-state index is 13.4. The quantitative estimate of drug-likeness (QED) is 0.469. The predicted octanol–water partition coefficient (Wildman–Crippen LogP) is 4.95. The third-order valence-corrected chi connectivity index (χ3v) is 5.84. The van der Waals surface area contributed by atoms with Crippen LogP contribution in [0.2, 0.25) is 0 Å². The van der Waals surface area contributed by atoms with Gasteiger partial charge in [-0.1, -0.05) is 12.1 Å². The number of carbonyl (C=O) groups is 1. The van der Waals surface area contributed by atoms with E-state index in [-0.39, 0.29) is 23.5 Å². The highest BCUT2D eigenvalue weighted by molar-refractivity contribution is 5.93. The highest BCUT2D eigenvalue weighted by Gasteiger charge is 2.29. The first-order valence-corrected chi connectivity index (χ1v) is 10.8. The highest BCUT2D eigenvalue weighted by atomic mass is 19.1. The third-order valence-electron chi connectivity index (χ3n) is 5.84. The summed E-state index contributed by atoms with van der Waals surface area (Å²) in [5.41, 5.74) is 2.51. The average Bonchev–Trinajstić information content (AvgIpc) is 3.50. The Hall–Kier alpha value is -3.81. The van der Waals surface area contributed by atoms with E-state index in [9.17, 15) is 13.6 Å². The van der Waals surface area contributed by atoms with Gasteiger partial charge in [-0.25, -0.2) is 13.8 Å². The molecule has 1 atom stereocenters. The molecule has 1 fully saturated rings. The second kappa shape index (κ2) is 8.97. The Morgan fingerprint density at radius 1 is 1.12 bits per heavy atom. The molecule has 0 aliphatic carbocycles. The second-order valence-corrected chi connectivity index (χ2v) is 8.24. The van der Waals surface area contributed by atoms with Crippen LogP contribution in [0.3, 0.4) is 0 Å². The Morgan fingerprint density at radius 2 is 1.97 bits per heavy atom. The van der Waals surface area contributed by atoms with Crippen LogP contribution in [0, 0.1) is 11.6 Å². The van der Waals surface area contributed by atoms with Gasteiger partial charge >= 0.3 is 0 Å². The molecule has 0 unspecified atom stereocenters. The van der Waals surface area contributed by atoms with Gasteiger partial charge in [-0.3, -0.25) is 9.89 Å². The van der Waals surface area contributed by atoms with E-state index < -0.39 is 0 Å². The molecule has 0 spiro atoms. The summed E-state index contributed by atoms with van der Waals surface area (Å²) in [5.74, 6) is 0.494. The van der Waals surface area contributed by atoms with Crippen molar-refractivity contribution in [2.24, 2.45) is 0 Å². The first-order chi connectivity index (χ1) is 16.0. The van der Waals surface area contributed by atoms with Crippen LogP contribution in [0.15, 0.2) is 65.2 Å². The average molecular weight is 448 g/mol. The van der Waals surface area contributed by atoms with Crippen molar-refractivity contribution in [3.8, 4) is 11.3 Å². The smallest absolute Gasteiger partial charge is 0.271 e. The number of hydrogen-bond donors (Lipinski definition) is 1. The summed E-state index contributed by atoms with van der Waals surface area (Å²) in [6, 6.07) is 14.1. The van der Waals surface area contributed by atoms with Crippen molar-refractivity contribution in [3.05, 3.63) is 95.3 Å². The molecule has 3 heterocycles. The molecule has 1 N–H and O–H groups in total. The van der Waals surface area contributed by atoms with E-state index >= 15 is 0 Å². The number of benzene rings is 2. The van der Waals surface area contributed by atoms with Crippen molar-refractivity contribution >= 4 is 5.91 Å². The van der Waals surface area contributed by atoms with Gasteiger partial charge in [0.2, 0.25) is 0 Å². The molecule has 2 aromatic carbocycles. The van der Waals surface area contributed by atoms with E-state index in [1.165, 1.54) is 24.3 Å². The summed E-state index contributed by atoms with van der Waals surface area (Å²) in [7, 11) is 0. The van der Waals surface area contributed by atoms with Crippen LogP contribution in [0.25, 0.3) is 11.3 Å². The Balaban J connectivity index is 1.26. The molecule has 1 aliphatic heterocycles. The molecule has 2 aromatic heterocycles. The molecule has 0 saturated carbocycles. The molecule has 33 heavy (non-hydrogen) atoms. The zero-order valence-corrected chi connectivity index (χ0v) is 17.8. The number of hydrogen-bond acceptors (Lipinski definition) is 4. The first-order valence-electron chi connectivity index (χ1n) is 10.8. The standard InChI is InChI=1S/C25H22F2N4O2/c26-19-8-6-17(7-9-19)22-13-23(30-29-22)25(32)31-10-2-4-18(15-31)24-28-14-21(33-24)12-16-3-1-5-20(27)11-16/h1,3,5-9,11,13-14,18H,2,4,10,12,15H2,(H,29,30)/t18-/m0/s1. The summed E-state index contributed by atoms with van der Waals surface area (Å²) < 4.78 is 32.5. The maximum Gasteiger partial charge on any atom is 0.271 e. The Labute approximate surface area is 189 Å². The maximum absolute atomic E-state index is 13.4. The van der Waals surface area contributed by atoms with Gasteiger partial charge < -0.3 is 9.32 Å². The normalized spacial score (nSPS) is 16.2. The summed E-state index contributed by atoms with van der Waals surface area (Å²) in [4.78, 5) is 19.3. The van der Waals surface area contributed by atoms with Crippen LogP contribution >= 0.6 is 0 Å². The van der Waals surface area contributed by atoms with Crippen LogP contribution in [0.4, 0.5) is 8.78 Å². The van der Waals surface area contributed by atoms with Crippen LogP contribution in [0.5, 0.6) is 0 Å². The number of H-pyrrole nitrogens is 1. The second-order valence-electron chi connectivity index (χ2n) is 8.24. The number of aromatic nitrogens is 3. The molecule has 1 aliphatic rings. The van der Waals surface area contributed by atoms with Gasteiger partial charge in [0.15, 0.2) is 5.89 Å². The largest absolute Gasteiger partial charge is 0.445 e. The fraction of sp³-hybridized carbons (Fsp3) is 0.240. The molecular weight excluding hydrogens is 426 g/mol. The number of halogens is 2. The molecule has 0 radical (unpaired) electrons. The van der Waals surface area contributed by atoms with Crippen LogP contribution < -0.4 is 0 Å². The predicted molar refractivity (Wildman–Crippen MR) is 118 cm³/mol. The molecular formula is C25H22F2N4O2. The lowest BCUT2D eigenvalue weighted by atomic mass is 9.97. The molecule has 0 bridgehead atoms. The van der Waals surface area contributed by atoms with Crippen molar-refractivity contribution in [3.63, 3.8) is 0 Å². The van der Waals surface area contributed by atoms with Crippen molar-refractivity contribution < 1.29 is 18.0 Å². The summed E-state index contributed by atoms with van der Waals surface area (Å²) in [5, 5.41) is 7.01. The lowest BCUT2D eigenvalue weighted by Gasteiger charge is -2.30. The Morgan fingerprint density at radius 3 is 2.79 bits per heavy atom. The fourth-order valence-electron chi connectivity index (χ4n) is 4.17. The molecule has 8 heteroatoms. The number of nitrogens with one attached hydrogen (secondary N) is 1. The lowest BCUT2D eigenvalue weighted by molar-refractivity contribution is 0.0692. The minimum atomic E-state index is -0.324. The van der Waals surface area contributed by atoms with Crippen molar-refractivity contribution in [2.45, 2.75) is 25.2 Å². The van der Waals surface area contributed by atoms with Crippen molar-refractivity contribution in [1.29, 1.82) is 0 Å². The molecule has 6 nitrogen and oxygen atoms in total. The number of oxazole rings is 1. The van der Waals surface area contributed by atoms with Gasteiger partial charge in [-0.2, -0.15) is 5.10 Å². The number of amides is 1. The number of rotatable bonds is 5. The number of aromatic amines is 1. The van der Waals surface area contributed by atoms with Gasteiger partial charge in [-0.05, 0) is 60.9 Å². The molecule has 4 aromatic rings. The third kappa shape index (κ3) is 4.69. The van der Waals surface area contributed by atoms with E-state index in [1.54, 1.807) is 35.4 Å². The van der Waals surface area contributed by atoms with Crippen LogP contribution in [-0.4, -0.2) is 39.1 Å². The Bertz CT molecular complexity index is 1270. The molecule has 5 rings (SSSR count). The fourth-order valence-corrected chi connectivity index (χ4v) is 4.17. The van der Waals surface area contributed by atoms with Crippen molar-refractivity contribution in [1.82, 2.24) is 20.1 Å². The van der Waals surface area contributed by atoms with Gasteiger partial charge in [0.1, 0.15) is 23.1 Å². The summed E-state index contributed by atoms with van der Waals surface area (Å²) >= 11 is 0. The van der Waals surface area contributed by atoms with E-state index in [0.29, 0.717) is 42.5 Å². The van der Waals surface area contributed by atoms with Crippen LogP contribution in [-0.2, 0) is 6.42 Å². The Kier molecular flexibility index (Phi) is 5.73. The number of carbonyl (C=O) groups excluding carboxylic acids is 1. The number of likely N-dealkylation sites (tertiary alicyclic amines) is 1. The van der Waals surface area contributed by atoms with Crippen molar-refractivity contribution in [2.75, 3.05) is 13.1 Å².